The largest absolute Gasteiger partial charge is 0.514 e. The van der Waals surface area contributed by atoms with Gasteiger partial charge in [-0.15, -0.1) is 11.3 Å². The number of hydrogen-bond acceptors (Lipinski definition) is 8. The van der Waals surface area contributed by atoms with Gasteiger partial charge in [0.25, 0.3) is 11.8 Å². The number of fused-ring (bicyclic) bond motifs is 4. The number of amides is 1. The molecular weight excluding hydrogens is 623 g/mol. The van der Waals surface area contributed by atoms with Crippen molar-refractivity contribution in [1.29, 1.82) is 0 Å². The van der Waals surface area contributed by atoms with Crippen molar-refractivity contribution in [2.75, 3.05) is 24.8 Å². The summed E-state index contributed by atoms with van der Waals surface area (Å²) in [6, 6.07) is 10.3. The Hall–Kier alpha value is -4.62. The van der Waals surface area contributed by atoms with Crippen molar-refractivity contribution in [1.82, 2.24) is 9.58 Å². The number of alkyl halides is 2. The molecule has 4 heterocycles. The van der Waals surface area contributed by atoms with Crippen molar-refractivity contribution >= 4 is 23.4 Å². The molecule has 9 nitrogen and oxygen atoms in total. The van der Waals surface area contributed by atoms with E-state index in [1.807, 2.05) is 24.3 Å². The van der Waals surface area contributed by atoms with Gasteiger partial charge in [-0.2, -0.15) is 0 Å². The second-order valence-electron chi connectivity index (χ2n) is 11.9. The molecule has 236 valence electrons. The number of pyridine rings is 1. The Kier molecular flexibility index (Phi) is 6.39. The molecule has 46 heavy (non-hydrogen) atoms. The number of morpholine rings is 1. The fourth-order valence-electron chi connectivity index (χ4n) is 7.08. The normalized spacial score (nSPS) is 20.3. The molecule has 0 bridgehead atoms. The number of halogens is 3. The van der Waals surface area contributed by atoms with Crippen LogP contribution in [-0.2, 0) is 21.8 Å². The van der Waals surface area contributed by atoms with E-state index >= 15 is 13.2 Å². The number of carbonyl (C=O) groups excluding carboxylic acids is 2. The molecule has 2 atom stereocenters. The van der Waals surface area contributed by atoms with Crippen LogP contribution in [0.15, 0.2) is 58.8 Å². The number of thiophene rings is 1. The van der Waals surface area contributed by atoms with Gasteiger partial charge in [0.2, 0.25) is 11.2 Å². The summed E-state index contributed by atoms with van der Waals surface area (Å²) in [5.41, 5.74) is 1.37. The number of benzene rings is 2. The standard InChI is InChI=1S/C33H26F3N3O6S/c1-16(2)44-32(42)45-29-22(40)9-10-38-28(29)31(41)37-11-12-43-14-23(37)39(38)27-18-5-3-4-6-19(18)30-24-17(15-46-30)13-33(35,36)26-21(34)8-7-20(27)25(24)26/h3-10,15-16,23,27H,11-14H2,1-2H3. The van der Waals surface area contributed by atoms with E-state index in [0.29, 0.717) is 22.3 Å². The lowest BCUT2D eigenvalue weighted by Gasteiger charge is -2.51. The molecule has 0 spiro atoms. The molecule has 0 N–H and O–H groups in total. The lowest BCUT2D eigenvalue weighted by atomic mass is 9.80. The van der Waals surface area contributed by atoms with E-state index in [1.165, 1.54) is 33.2 Å². The summed E-state index contributed by atoms with van der Waals surface area (Å²) in [5.74, 6) is -5.58. The van der Waals surface area contributed by atoms with E-state index in [0.717, 1.165) is 22.6 Å². The molecule has 2 aliphatic carbocycles. The first-order chi connectivity index (χ1) is 22.1. The third-order valence-electron chi connectivity index (χ3n) is 8.81. The molecule has 2 unspecified atom stereocenters. The van der Waals surface area contributed by atoms with Crippen LogP contribution >= 0.6 is 11.3 Å². The van der Waals surface area contributed by atoms with Gasteiger partial charge in [-0.05, 0) is 47.5 Å². The predicted octanol–water partition coefficient (Wildman–Crippen LogP) is 5.81. The van der Waals surface area contributed by atoms with Gasteiger partial charge in [0.1, 0.15) is 12.0 Å². The van der Waals surface area contributed by atoms with Gasteiger partial charge in [-0.1, -0.05) is 30.3 Å². The first kappa shape index (κ1) is 28.8. The highest BCUT2D eigenvalue weighted by atomic mass is 32.1. The Morgan fingerprint density at radius 1 is 1.09 bits per heavy atom. The van der Waals surface area contributed by atoms with Gasteiger partial charge < -0.3 is 19.1 Å². The maximum absolute atomic E-state index is 15.8. The Morgan fingerprint density at radius 2 is 1.89 bits per heavy atom. The van der Waals surface area contributed by atoms with Gasteiger partial charge in [0.15, 0.2) is 5.69 Å². The molecule has 13 heteroatoms. The summed E-state index contributed by atoms with van der Waals surface area (Å²) in [5, 5.41) is 3.48. The first-order valence-electron chi connectivity index (χ1n) is 14.8. The molecule has 1 saturated heterocycles. The molecule has 8 rings (SSSR count). The molecule has 0 radical (unpaired) electrons. The van der Waals surface area contributed by atoms with Crippen molar-refractivity contribution in [3.8, 4) is 27.3 Å². The molecule has 1 fully saturated rings. The molecule has 2 aromatic heterocycles. The SMILES string of the molecule is CC(C)OC(=O)Oc1c2n(ccc1=O)N(C1c3ccccc3-c3scc4c3-c3c1ccc(F)c3C(F)(F)C4)C1COCCN1C2=O. The van der Waals surface area contributed by atoms with E-state index in [-0.39, 0.29) is 31.0 Å². The lowest BCUT2D eigenvalue weighted by Crippen LogP contribution is -2.66. The van der Waals surface area contributed by atoms with E-state index in [2.05, 4.69) is 0 Å². The van der Waals surface area contributed by atoms with E-state index in [4.69, 9.17) is 14.2 Å². The van der Waals surface area contributed by atoms with Crippen LogP contribution in [0.3, 0.4) is 0 Å². The fourth-order valence-corrected chi connectivity index (χ4v) is 8.21. The molecule has 4 aromatic rings. The maximum Gasteiger partial charge on any atom is 0.514 e. The lowest BCUT2D eigenvalue weighted by molar-refractivity contribution is -0.0198. The van der Waals surface area contributed by atoms with E-state index in [9.17, 15) is 14.4 Å². The number of hydrogen-bond donors (Lipinski definition) is 0. The minimum atomic E-state index is -3.47. The Morgan fingerprint density at radius 3 is 2.70 bits per heavy atom. The molecule has 2 aromatic carbocycles. The van der Waals surface area contributed by atoms with Gasteiger partial charge >= 0.3 is 6.16 Å². The summed E-state index contributed by atoms with van der Waals surface area (Å²) >= 11 is 1.33. The van der Waals surface area contributed by atoms with Crippen molar-refractivity contribution < 1.29 is 37.0 Å². The quantitative estimate of drug-likeness (QED) is 0.259. The summed E-state index contributed by atoms with van der Waals surface area (Å²) in [6.07, 6.45) is -1.72. The first-order valence-corrected chi connectivity index (χ1v) is 15.7. The summed E-state index contributed by atoms with van der Waals surface area (Å²) in [6.45, 7) is 3.62. The summed E-state index contributed by atoms with van der Waals surface area (Å²) in [4.78, 5) is 42.1. The molecular formula is C33H26F3N3O6S. The number of ether oxygens (including phenoxy) is 3. The van der Waals surface area contributed by atoms with Crippen molar-refractivity contribution in [3.63, 3.8) is 0 Å². The van der Waals surface area contributed by atoms with Gasteiger partial charge in [0, 0.05) is 41.2 Å². The average Bonchev–Trinajstić information content (AvgIpc) is 3.38. The zero-order valence-electron chi connectivity index (χ0n) is 24.6. The Balaban J connectivity index is 1.44. The van der Waals surface area contributed by atoms with Crippen molar-refractivity contribution in [3.05, 3.63) is 98.0 Å². The zero-order chi connectivity index (χ0) is 32.1. The third-order valence-corrected chi connectivity index (χ3v) is 9.88. The highest BCUT2D eigenvalue weighted by Crippen LogP contribution is 2.58. The fraction of sp³-hybridized carbons (Fsp3) is 0.303. The highest BCUT2D eigenvalue weighted by molar-refractivity contribution is 7.14. The molecule has 2 aliphatic heterocycles. The summed E-state index contributed by atoms with van der Waals surface area (Å²) < 4.78 is 65.0. The monoisotopic (exact) mass is 649 g/mol. The second kappa shape index (κ2) is 10.2. The minimum Gasteiger partial charge on any atom is -0.431 e. The average molecular weight is 650 g/mol. The number of nitrogens with zero attached hydrogens (tertiary/aromatic N) is 3. The van der Waals surface area contributed by atoms with Gasteiger partial charge in [-0.3, -0.25) is 19.3 Å². The van der Waals surface area contributed by atoms with E-state index < -0.39 is 65.3 Å². The minimum absolute atomic E-state index is 0.0497. The highest BCUT2D eigenvalue weighted by Gasteiger charge is 2.50. The maximum atomic E-state index is 15.8. The van der Waals surface area contributed by atoms with Crippen LogP contribution in [0.4, 0.5) is 18.0 Å². The van der Waals surface area contributed by atoms with E-state index in [1.54, 1.807) is 24.2 Å². The van der Waals surface area contributed by atoms with Crippen LogP contribution in [0, 0.1) is 5.82 Å². The van der Waals surface area contributed by atoms with Crippen LogP contribution < -0.4 is 15.2 Å². The molecule has 4 aliphatic rings. The van der Waals surface area contributed by atoms with Crippen LogP contribution in [0.2, 0.25) is 0 Å². The second-order valence-corrected chi connectivity index (χ2v) is 12.8. The zero-order valence-corrected chi connectivity index (χ0v) is 25.4. The van der Waals surface area contributed by atoms with Crippen molar-refractivity contribution in [2.45, 2.75) is 44.5 Å². The third kappa shape index (κ3) is 4.07. The van der Waals surface area contributed by atoms with Crippen LogP contribution in [-0.4, -0.2) is 53.7 Å². The van der Waals surface area contributed by atoms with Gasteiger partial charge in [0.05, 0.1) is 30.9 Å². The number of rotatable bonds is 3. The Labute approximate surface area is 264 Å². The predicted molar refractivity (Wildman–Crippen MR) is 161 cm³/mol. The summed E-state index contributed by atoms with van der Waals surface area (Å²) in [7, 11) is 0. The molecule has 1 amide bonds. The molecule has 0 saturated carbocycles. The van der Waals surface area contributed by atoms with Crippen LogP contribution in [0.25, 0.3) is 21.6 Å². The van der Waals surface area contributed by atoms with Gasteiger partial charge in [-0.25, -0.2) is 18.0 Å². The van der Waals surface area contributed by atoms with Crippen LogP contribution in [0.1, 0.15) is 52.6 Å². The topological polar surface area (TPSA) is 90.3 Å². The van der Waals surface area contributed by atoms with Crippen LogP contribution in [0.5, 0.6) is 5.75 Å². The van der Waals surface area contributed by atoms with Crippen molar-refractivity contribution in [2.24, 2.45) is 0 Å². The Bertz CT molecular complexity index is 2020. The number of aromatic nitrogens is 1. The number of carbonyl (C=O) groups is 2. The smallest absolute Gasteiger partial charge is 0.431 e.